The van der Waals surface area contributed by atoms with E-state index < -0.39 is 0 Å². The Hall–Kier alpha value is -2.15. The lowest BCUT2D eigenvalue weighted by atomic mass is 10.2. The van der Waals surface area contributed by atoms with Crippen molar-refractivity contribution in [2.24, 2.45) is 0 Å². The van der Waals surface area contributed by atoms with Gasteiger partial charge in [-0.05, 0) is 37.1 Å². The predicted molar refractivity (Wildman–Crippen MR) is 118 cm³/mol. The molecule has 2 fully saturated rings. The van der Waals surface area contributed by atoms with Gasteiger partial charge >= 0.3 is 0 Å². The van der Waals surface area contributed by atoms with Crippen LogP contribution in [0.25, 0.3) is 11.0 Å². The van der Waals surface area contributed by atoms with E-state index in [-0.39, 0.29) is 0 Å². The molecule has 0 bridgehead atoms. The van der Waals surface area contributed by atoms with Crippen molar-refractivity contribution in [3.05, 3.63) is 52.3 Å². The molecule has 0 atom stereocenters. The molecule has 1 saturated heterocycles. The normalized spacial score (nSPS) is 17.7. The summed E-state index contributed by atoms with van der Waals surface area (Å²) in [5.74, 6) is 1.85. The summed E-state index contributed by atoms with van der Waals surface area (Å²) in [4.78, 5) is 18.9. The molecule has 0 spiro atoms. The van der Waals surface area contributed by atoms with Crippen molar-refractivity contribution < 1.29 is 0 Å². The average Bonchev–Trinajstić information content (AvgIpc) is 3.55. The average molecular weight is 429 g/mol. The number of hydrogen-bond donors (Lipinski definition) is 1. The van der Waals surface area contributed by atoms with Crippen LogP contribution in [0.3, 0.4) is 0 Å². The van der Waals surface area contributed by atoms with Crippen molar-refractivity contribution in [3.63, 3.8) is 0 Å². The summed E-state index contributed by atoms with van der Waals surface area (Å²) in [6.07, 6.45) is 2.41. The SMILES string of the molecule is Clc1ccc(Cl)c(CN2CCN(c3nc4ccccc4nc3NC3CC3)CC2)n1. The van der Waals surface area contributed by atoms with Crippen molar-refractivity contribution in [1.82, 2.24) is 19.9 Å². The first-order chi connectivity index (χ1) is 14.2. The molecular formula is C21H22Cl2N6. The molecule has 0 radical (unpaired) electrons. The van der Waals surface area contributed by atoms with Crippen LogP contribution in [0.15, 0.2) is 36.4 Å². The molecule has 150 valence electrons. The fourth-order valence-corrected chi connectivity index (χ4v) is 3.96. The van der Waals surface area contributed by atoms with E-state index in [4.69, 9.17) is 33.2 Å². The summed E-state index contributed by atoms with van der Waals surface area (Å²) in [6.45, 7) is 4.27. The molecule has 3 heterocycles. The molecule has 0 unspecified atom stereocenters. The number of rotatable bonds is 5. The molecule has 3 aromatic rings. The van der Waals surface area contributed by atoms with E-state index in [0.717, 1.165) is 54.5 Å². The van der Waals surface area contributed by atoms with Crippen LogP contribution in [0.4, 0.5) is 11.6 Å². The monoisotopic (exact) mass is 428 g/mol. The van der Waals surface area contributed by atoms with Crippen molar-refractivity contribution >= 4 is 45.9 Å². The second-order valence-corrected chi connectivity index (χ2v) is 8.42. The number of benzene rings is 1. The van der Waals surface area contributed by atoms with E-state index in [1.165, 1.54) is 12.8 Å². The van der Waals surface area contributed by atoms with Gasteiger partial charge in [0, 0.05) is 38.8 Å². The number of pyridine rings is 1. The Morgan fingerprint density at radius 3 is 2.34 bits per heavy atom. The highest BCUT2D eigenvalue weighted by molar-refractivity contribution is 6.32. The Kier molecular flexibility index (Phi) is 5.16. The van der Waals surface area contributed by atoms with Crippen LogP contribution < -0.4 is 10.2 Å². The molecule has 0 amide bonds. The number of piperazine rings is 1. The summed E-state index contributed by atoms with van der Waals surface area (Å²) in [5, 5.41) is 4.71. The molecule has 1 aliphatic heterocycles. The quantitative estimate of drug-likeness (QED) is 0.613. The Balaban J connectivity index is 1.33. The minimum absolute atomic E-state index is 0.477. The number of nitrogens with one attached hydrogen (secondary N) is 1. The summed E-state index contributed by atoms with van der Waals surface area (Å²) >= 11 is 12.3. The highest BCUT2D eigenvalue weighted by Crippen LogP contribution is 2.31. The summed E-state index contributed by atoms with van der Waals surface area (Å²) in [5.41, 5.74) is 2.69. The third-order valence-electron chi connectivity index (χ3n) is 5.40. The van der Waals surface area contributed by atoms with Crippen LogP contribution in [0.1, 0.15) is 18.5 Å². The summed E-state index contributed by atoms with van der Waals surface area (Å²) in [6, 6.07) is 12.1. The molecule has 2 aliphatic rings. The van der Waals surface area contributed by atoms with Crippen LogP contribution in [-0.2, 0) is 6.54 Å². The molecule has 1 saturated carbocycles. The van der Waals surface area contributed by atoms with Crippen LogP contribution >= 0.6 is 23.2 Å². The van der Waals surface area contributed by atoms with E-state index in [9.17, 15) is 0 Å². The Labute approximate surface area is 179 Å². The van der Waals surface area contributed by atoms with Crippen LogP contribution in [0.2, 0.25) is 10.2 Å². The summed E-state index contributed by atoms with van der Waals surface area (Å²) in [7, 11) is 0. The topological polar surface area (TPSA) is 57.2 Å². The summed E-state index contributed by atoms with van der Waals surface area (Å²) < 4.78 is 0. The number of hydrogen-bond acceptors (Lipinski definition) is 6. The van der Waals surface area contributed by atoms with Gasteiger partial charge in [0.1, 0.15) is 5.15 Å². The van der Waals surface area contributed by atoms with Crippen molar-refractivity contribution in [3.8, 4) is 0 Å². The second kappa shape index (κ2) is 7.94. The standard InChI is InChI=1S/C21H22Cl2N6/c22-15-7-8-19(23)25-18(15)13-28-9-11-29(12-10-28)21-20(24-14-5-6-14)26-16-3-1-2-4-17(16)27-21/h1-4,7-8,14H,5-6,9-13H2,(H,24,26). The third-order valence-corrected chi connectivity index (χ3v) is 5.95. The van der Waals surface area contributed by atoms with Crippen molar-refractivity contribution in [2.45, 2.75) is 25.4 Å². The molecule has 8 heteroatoms. The first-order valence-electron chi connectivity index (χ1n) is 9.97. The molecule has 29 heavy (non-hydrogen) atoms. The zero-order valence-corrected chi connectivity index (χ0v) is 17.5. The maximum Gasteiger partial charge on any atom is 0.172 e. The first kappa shape index (κ1) is 18.9. The van der Waals surface area contributed by atoms with E-state index >= 15 is 0 Å². The minimum Gasteiger partial charge on any atom is -0.364 e. The molecule has 6 nitrogen and oxygen atoms in total. The van der Waals surface area contributed by atoms with Crippen molar-refractivity contribution in [1.29, 1.82) is 0 Å². The lowest BCUT2D eigenvalue weighted by Crippen LogP contribution is -2.46. The van der Waals surface area contributed by atoms with Gasteiger partial charge in [0.15, 0.2) is 11.6 Å². The number of anilines is 2. The lowest BCUT2D eigenvalue weighted by Gasteiger charge is -2.36. The number of fused-ring (bicyclic) bond motifs is 1. The zero-order valence-electron chi connectivity index (χ0n) is 16.0. The molecular weight excluding hydrogens is 407 g/mol. The molecule has 5 rings (SSSR count). The van der Waals surface area contributed by atoms with Gasteiger partial charge in [-0.25, -0.2) is 15.0 Å². The van der Waals surface area contributed by atoms with E-state index in [2.05, 4.69) is 20.1 Å². The van der Waals surface area contributed by atoms with Gasteiger partial charge in [-0.1, -0.05) is 35.3 Å². The van der Waals surface area contributed by atoms with Crippen LogP contribution in [-0.4, -0.2) is 52.1 Å². The molecule has 1 aromatic carbocycles. The van der Waals surface area contributed by atoms with Gasteiger partial charge in [-0.2, -0.15) is 0 Å². The number of nitrogens with zero attached hydrogens (tertiary/aromatic N) is 5. The molecule has 2 aromatic heterocycles. The maximum atomic E-state index is 6.29. The number of halogens is 2. The third kappa shape index (κ3) is 4.25. The Morgan fingerprint density at radius 2 is 1.62 bits per heavy atom. The van der Waals surface area contributed by atoms with E-state index in [1.54, 1.807) is 6.07 Å². The highest BCUT2D eigenvalue weighted by Gasteiger charge is 2.27. The number of aromatic nitrogens is 3. The predicted octanol–water partition coefficient (Wildman–Crippen LogP) is 4.23. The fourth-order valence-electron chi connectivity index (χ4n) is 3.63. The van der Waals surface area contributed by atoms with Gasteiger partial charge < -0.3 is 10.2 Å². The van der Waals surface area contributed by atoms with Crippen LogP contribution in [0.5, 0.6) is 0 Å². The Bertz CT molecular complexity index is 1030. The highest BCUT2D eigenvalue weighted by atomic mass is 35.5. The molecule has 1 N–H and O–H groups in total. The van der Waals surface area contributed by atoms with Gasteiger partial charge in [0.2, 0.25) is 0 Å². The largest absolute Gasteiger partial charge is 0.364 e. The van der Waals surface area contributed by atoms with Gasteiger partial charge in [0.05, 0.1) is 21.7 Å². The Morgan fingerprint density at radius 1 is 0.897 bits per heavy atom. The first-order valence-corrected chi connectivity index (χ1v) is 10.7. The zero-order chi connectivity index (χ0) is 19.8. The van der Waals surface area contributed by atoms with Crippen LogP contribution in [0, 0.1) is 0 Å². The second-order valence-electron chi connectivity index (χ2n) is 7.63. The van der Waals surface area contributed by atoms with Gasteiger partial charge in [-0.15, -0.1) is 0 Å². The van der Waals surface area contributed by atoms with E-state index in [1.807, 2.05) is 30.3 Å². The lowest BCUT2D eigenvalue weighted by molar-refractivity contribution is 0.246. The fraction of sp³-hybridized carbons (Fsp3) is 0.381. The van der Waals surface area contributed by atoms with Gasteiger partial charge in [0.25, 0.3) is 0 Å². The van der Waals surface area contributed by atoms with E-state index in [0.29, 0.717) is 22.8 Å². The minimum atomic E-state index is 0.477. The van der Waals surface area contributed by atoms with Gasteiger partial charge in [-0.3, -0.25) is 4.90 Å². The smallest absolute Gasteiger partial charge is 0.172 e. The number of para-hydroxylation sites is 2. The molecule has 1 aliphatic carbocycles. The maximum absolute atomic E-state index is 6.29. The van der Waals surface area contributed by atoms with Crippen molar-refractivity contribution in [2.75, 3.05) is 36.4 Å².